The van der Waals surface area contributed by atoms with Crippen LogP contribution in [0.5, 0.6) is 0 Å². The molecule has 0 N–H and O–H groups in total. The van der Waals surface area contributed by atoms with Gasteiger partial charge in [0.15, 0.2) is 0 Å². The number of hydrogen-bond acceptors (Lipinski definition) is 0. The molecular formula is C15H12Cl3F. The largest absolute Gasteiger partial charge is 0.207 e. The van der Waals surface area contributed by atoms with E-state index in [9.17, 15) is 4.39 Å². The number of alkyl halides is 1. The number of halogens is 4. The fraction of sp³-hybridized carbons (Fsp3) is 0.200. The van der Waals surface area contributed by atoms with E-state index in [2.05, 4.69) is 0 Å². The van der Waals surface area contributed by atoms with Crippen molar-refractivity contribution in [2.75, 3.05) is 5.88 Å². The van der Waals surface area contributed by atoms with Crippen molar-refractivity contribution in [1.29, 1.82) is 0 Å². The maximum Gasteiger partial charge on any atom is 0.123 e. The summed E-state index contributed by atoms with van der Waals surface area (Å²) in [6, 6.07) is 11.7. The molecule has 0 bridgehead atoms. The maximum atomic E-state index is 12.9. The second-order valence-corrected chi connectivity index (χ2v) is 5.49. The standard InChI is InChI=1S/C15H12Cl3F/c16-9-12(10-1-4-14(19)5-2-10)7-11-8-13(17)3-6-15(11)18/h1-6,8,12H,7,9H2. The SMILES string of the molecule is Fc1ccc(C(CCl)Cc2cc(Cl)ccc2Cl)cc1. The van der Waals surface area contributed by atoms with Gasteiger partial charge < -0.3 is 0 Å². The summed E-state index contributed by atoms with van der Waals surface area (Å²) in [4.78, 5) is 0. The van der Waals surface area contributed by atoms with Gasteiger partial charge in [-0.25, -0.2) is 4.39 Å². The van der Waals surface area contributed by atoms with E-state index >= 15 is 0 Å². The number of hydrogen-bond donors (Lipinski definition) is 0. The van der Waals surface area contributed by atoms with Crippen LogP contribution in [0.15, 0.2) is 42.5 Å². The van der Waals surface area contributed by atoms with Gasteiger partial charge in [-0.1, -0.05) is 35.3 Å². The molecule has 1 unspecified atom stereocenters. The third-order valence-electron chi connectivity index (χ3n) is 3.00. The molecule has 0 saturated carbocycles. The van der Waals surface area contributed by atoms with E-state index in [4.69, 9.17) is 34.8 Å². The van der Waals surface area contributed by atoms with Crippen molar-refractivity contribution in [3.05, 3.63) is 69.5 Å². The molecule has 0 aliphatic rings. The van der Waals surface area contributed by atoms with Crippen LogP contribution in [0.3, 0.4) is 0 Å². The molecule has 0 fully saturated rings. The number of rotatable bonds is 4. The van der Waals surface area contributed by atoms with Crippen molar-refractivity contribution in [3.63, 3.8) is 0 Å². The molecule has 0 aromatic heterocycles. The first-order valence-corrected chi connectivity index (χ1v) is 7.14. The molecule has 2 aromatic carbocycles. The Bertz CT molecular complexity index is 552. The molecule has 0 nitrogen and oxygen atoms in total. The Balaban J connectivity index is 2.23. The summed E-state index contributed by atoms with van der Waals surface area (Å²) < 4.78 is 12.9. The maximum absolute atomic E-state index is 12.9. The zero-order valence-electron chi connectivity index (χ0n) is 10.0. The Hall–Kier alpha value is -0.760. The lowest BCUT2D eigenvalue weighted by atomic mass is 9.93. The summed E-state index contributed by atoms with van der Waals surface area (Å²) in [6.45, 7) is 0. The van der Waals surface area contributed by atoms with E-state index in [-0.39, 0.29) is 11.7 Å². The molecule has 0 amide bonds. The lowest BCUT2D eigenvalue weighted by Gasteiger charge is -2.15. The molecule has 19 heavy (non-hydrogen) atoms. The Labute approximate surface area is 127 Å². The lowest BCUT2D eigenvalue weighted by molar-refractivity contribution is 0.625. The fourth-order valence-corrected chi connectivity index (χ4v) is 2.64. The van der Waals surface area contributed by atoms with E-state index in [0.717, 1.165) is 11.1 Å². The highest BCUT2D eigenvalue weighted by Crippen LogP contribution is 2.28. The highest BCUT2D eigenvalue weighted by Gasteiger charge is 2.13. The van der Waals surface area contributed by atoms with Crippen LogP contribution in [0, 0.1) is 5.82 Å². The average molecular weight is 318 g/mol. The van der Waals surface area contributed by atoms with Crippen LogP contribution >= 0.6 is 34.8 Å². The van der Waals surface area contributed by atoms with Crippen LogP contribution in [-0.4, -0.2) is 5.88 Å². The second-order valence-electron chi connectivity index (χ2n) is 4.34. The van der Waals surface area contributed by atoms with Crippen molar-refractivity contribution in [3.8, 4) is 0 Å². The average Bonchev–Trinajstić information content (AvgIpc) is 2.41. The zero-order valence-corrected chi connectivity index (χ0v) is 12.3. The fourth-order valence-electron chi connectivity index (χ4n) is 1.96. The first-order valence-electron chi connectivity index (χ1n) is 5.85. The third kappa shape index (κ3) is 3.85. The van der Waals surface area contributed by atoms with Gasteiger partial charge in [-0.2, -0.15) is 0 Å². The molecule has 0 spiro atoms. The summed E-state index contributed by atoms with van der Waals surface area (Å²) in [6.07, 6.45) is 0.675. The van der Waals surface area contributed by atoms with Crippen molar-refractivity contribution in [1.82, 2.24) is 0 Å². The van der Waals surface area contributed by atoms with Crippen LogP contribution in [0.25, 0.3) is 0 Å². The molecule has 2 aromatic rings. The van der Waals surface area contributed by atoms with Crippen LogP contribution in [-0.2, 0) is 6.42 Å². The number of benzene rings is 2. The Morgan fingerprint density at radius 2 is 1.68 bits per heavy atom. The molecular weight excluding hydrogens is 306 g/mol. The van der Waals surface area contributed by atoms with Crippen molar-refractivity contribution in [2.24, 2.45) is 0 Å². The minimum absolute atomic E-state index is 0.0817. The van der Waals surface area contributed by atoms with E-state index in [1.54, 1.807) is 24.3 Å². The normalized spacial score (nSPS) is 12.4. The summed E-state index contributed by atoms with van der Waals surface area (Å²) in [5.74, 6) is 0.269. The van der Waals surface area contributed by atoms with Gasteiger partial charge in [0.25, 0.3) is 0 Å². The Kier molecular flexibility index (Phi) is 5.09. The van der Waals surface area contributed by atoms with Crippen LogP contribution in [0.4, 0.5) is 4.39 Å². The smallest absolute Gasteiger partial charge is 0.123 e. The predicted molar refractivity (Wildman–Crippen MR) is 80.0 cm³/mol. The summed E-state index contributed by atoms with van der Waals surface area (Å²) in [5, 5.41) is 1.31. The van der Waals surface area contributed by atoms with Crippen molar-refractivity contribution < 1.29 is 4.39 Å². The highest BCUT2D eigenvalue weighted by atomic mass is 35.5. The van der Waals surface area contributed by atoms with E-state index in [1.807, 2.05) is 6.07 Å². The Morgan fingerprint density at radius 3 is 2.32 bits per heavy atom. The van der Waals surface area contributed by atoms with Gasteiger partial charge in [-0.15, -0.1) is 11.6 Å². The third-order valence-corrected chi connectivity index (χ3v) is 3.98. The monoisotopic (exact) mass is 316 g/mol. The molecule has 0 aliphatic carbocycles. The second kappa shape index (κ2) is 6.60. The van der Waals surface area contributed by atoms with E-state index in [1.165, 1.54) is 12.1 Å². The first kappa shape index (κ1) is 14.6. The van der Waals surface area contributed by atoms with Gasteiger partial charge >= 0.3 is 0 Å². The van der Waals surface area contributed by atoms with E-state index < -0.39 is 0 Å². The van der Waals surface area contributed by atoms with Gasteiger partial charge in [-0.3, -0.25) is 0 Å². The molecule has 1 atom stereocenters. The minimum Gasteiger partial charge on any atom is -0.207 e. The Morgan fingerprint density at radius 1 is 1.00 bits per heavy atom. The van der Waals surface area contributed by atoms with Crippen LogP contribution < -0.4 is 0 Å². The van der Waals surface area contributed by atoms with Crippen LogP contribution in [0.2, 0.25) is 10.0 Å². The highest BCUT2D eigenvalue weighted by molar-refractivity contribution is 6.33. The van der Waals surface area contributed by atoms with Gasteiger partial charge in [0.1, 0.15) is 5.82 Å². The molecule has 0 saturated heterocycles. The predicted octanol–water partition coefficient (Wildman–Crippen LogP) is 5.70. The van der Waals surface area contributed by atoms with E-state index in [0.29, 0.717) is 22.3 Å². The van der Waals surface area contributed by atoms with Crippen LogP contribution in [0.1, 0.15) is 17.0 Å². The lowest BCUT2D eigenvalue weighted by Crippen LogP contribution is -2.05. The molecule has 100 valence electrons. The first-order chi connectivity index (χ1) is 9.10. The molecule has 2 rings (SSSR count). The van der Waals surface area contributed by atoms with Gasteiger partial charge in [0, 0.05) is 21.8 Å². The quantitative estimate of drug-likeness (QED) is 0.635. The summed E-state index contributed by atoms with van der Waals surface area (Å²) in [7, 11) is 0. The summed E-state index contributed by atoms with van der Waals surface area (Å²) >= 11 is 18.1. The molecule has 0 heterocycles. The van der Waals surface area contributed by atoms with Crippen molar-refractivity contribution >= 4 is 34.8 Å². The summed E-state index contributed by atoms with van der Waals surface area (Å²) in [5.41, 5.74) is 1.94. The van der Waals surface area contributed by atoms with Gasteiger partial charge in [0.05, 0.1) is 0 Å². The zero-order chi connectivity index (χ0) is 13.8. The van der Waals surface area contributed by atoms with Crippen molar-refractivity contribution in [2.45, 2.75) is 12.3 Å². The minimum atomic E-state index is -0.252. The molecule has 0 radical (unpaired) electrons. The van der Waals surface area contributed by atoms with Gasteiger partial charge in [0.2, 0.25) is 0 Å². The topological polar surface area (TPSA) is 0 Å². The van der Waals surface area contributed by atoms with Gasteiger partial charge in [-0.05, 0) is 47.9 Å². The molecule has 4 heteroatoms. The molecule has 0 aliphatic heterocycles.